The Morgan fingerprint density at radius 1 is 0.685 bits per heavy atom. The summed E-state index contributed by atoms with van der Waals surface area (Å²) >= 11 is 0. The lowest BCUT2D eigenvalue weighted by molar-refractivity contribution is 0.00561. The van der Waals surface area contributed by atoms with Gasteiger partial charge < -0.3 is 24.4 Å². The van der Waals surface area contributed by atoms with Crippen molar-refractivity contribution in [3.8, 4) is 0 Å². The van der Waals surface area contributed by atoms with E-state index in [0.29, 0.717) is 32.0 Å². The molecule has 2 amide bonds. The number of para-hydroxylation sites is 2. The lowest BCUT2D eigenvalue weighted by atomic mass is 10.1. The van der Waals surface area contributed by atoms with Gasteiger partial charge in [-0.05, 0) is 90.1 Å². The topological polar surface area (TPSA) is 97.4 Å². The molecular formula is C41H45F4N3O6. The highest BCUT2D eigenvalue weighted by molar-refractivity contribution is 5.92. The summed E-state index contributed by atoms with van der Waals surface area (Å²) in [6.07, 6.45) is 0. The molecule has 1 N–H and O–H groups in total. The van der Waals surface area contributed by atoms with Gasteiger partial charge in [0, 0.05) is 42.1 Å². The summed E-state index contributed by atoms with van der Waals surface area (Å²) in [5.74, 6) is -4.98. The van der Waals surface area contributed by atoms with Crippen molar-refractivity contribution in [2.75, 3.05) is 36.5 Å². The SMILES string of the molecule is CC(C)(C)OC(=O)c1cc(F)c(CN(C(=O)N2CCOCC2)c2ccccc2)c(F)c1.CC(C)(C)OC(=O)c1cc(F)c(CNc2ccccc2)c(F)c1. The third-order valence-electron chi connectivity index (χ3n) is 7.69. The molecule has 1 aliphatic heterocycles. The zero-order valence-corrected chi connectivity index (χ0v) is 31.2. The minimum Gasteiger partial charge on any atom is -0.456 e. The number of rotatable bonds is 8. The molecule has 0 radical (unpaired) electrons. The van der Waals surface area contributed by atoms with E-state index in [1.807, 2.05) is 18.2 Å². The molecular weight excluding hydrogens is 706 g/mol. The fourth-order valence-corrected chi connectivity index (χ4v) is 5.14. The Hall–Kier alpha value is -5.43. The van der Waals surface area contributed by atoms with Gasteiger partial charge in [0.1, 0.15) is 34.5 Å². The van der Waals surface area contributed by atoms with Crippen LogP contribution >= 0.6 is 0 Å². The zero-order valence-electron chi connectivity index (χ0n) is 31.2. The Kier molecular flexibility index (Phi) is 13.8. The standard InChI is InChI=1S/C23H26F2N2O4.C18H19F2NO2/c1-23(2,3)31-21(28)16-13-19(24)18(20(25)14-16)15-27(17-7-5-4-6-8-17)22(29)26-9-11-30-12-10-26;1-18(2,3)23-17(22)12-9-15(19)14(16(20)10-12)11-21-13-7-5-4-6-8-13/h4-8,13-14H,9-12,15H2,1-3H3;4-10,21H,11H2,1-3H3. The number of ether oxygens (including phenoxy) is 3. The van der Waals surface area contributed by atoms with E-state index in [4.69, 9.17) is 14.2 Å². The van der Waals surface area contributed by atoms with Crippen LogP contribution in [0.15, 0.2) is 84.9 Å². The van der Waals surface area contributed by atoms with Gasteiger partial charge in [0.2, 0.25) is 0 Å². The average Bonchev–Trinajstić information content (AvgIpc) is 3.10. The summed E-state index contributed by atoms with van der Waals surface area (Å²) in [6, 6.07) is 21.3. The van der Waals surface area contributed by atoms with Crippen LogP contribution in [0.2, 0.25) is 0 Å². The molecule has 0 spiro atoms. The van der Waals surface area contributed by atoms with Crippen LogP contribution in [-0.2, 0) is 27.3 Å². The molecule has 288 valence electrons. The molecule has 1 saturated heterocycles. The number of hydrogen-bond donors (Lipinski definition) is 1. The molecule has 1 aliphatic rings. The quantitative estimate of drug-likeness (QED) is 0.142. The predicted molar refractivity (Wildman–Crippen MR) is 197 cm³/mol. The zero-order chi connectivity index (χ0) is 39.6. The number of nitrogens with zero attached hydrogens (tertiary/aromatic N) is 2. The van der Waals surface area contributed by atoms with Crippen LogP contribution in [0.5, 0.6) is 0 Å². The normalized spacial score (nSPS) is 13.0. The van der Waals surface area contributed by atoms with E-state index in [0.717, 1.165) is 30.0 Å². The van der Waals surface area contributed by atoms with Gasteiger partial charge in [-0.15, -0.1) is 0 Å². The molecule has 0 atom stereocenters. The van der Waals surface area contributed by atoms with Gasteiger partial charge >= 0.3 is 18.0 Å². The maximum absolute atomic E-state index is 14.9. The number of nitrogens with one attached hydrogen (secondary N) is 1. The summed E-state index contributed by atoms with van der Waals surface area (Å²) in [5, 5.41) is 2.93. The molecule has 0 bridgehead atoms. The van der Waals surface area contributed by atoms with E-state index in [9.17, 15) is 31.9 Å². The Balaban J connectivity index is 0.000000252. The van der Waals surface area contributed by atoms with Gasteiger partial charge in [0.05, 0.1) is 30.9 Å². The second kappa shape index (κ2) is 18.1. The Bertz CT molecular complexity index is 1860. The summed E-state index contributed by atoms with van der Waals surface area (Å²) < 4.78 is 73.6. The van der Waals surface area contributed by atoms with Crippen LogP contribution in [0.4, 0.5) is 33.7 Å². The number of anilines is 2. The van der Waals surface area contributed by atoms with E-state index in [2.05, 4.69) is 5.32 Å². The molecule has 1 fully saturated rings. The Labute approximate surface area is 312 Å². The minimum absolute atomic E-state index is 0.0176. The molecule has 5 rings (SSSR count). The van der Waals surface area contributed by atoms with Crippen molar-refractivity contribution in [3.05, 3.63) is 130 Å². The van der Waals surface area contributed by atoms with E-state index in [1.165, 1.54) is 4.90 Å². The first-order chi connectivity index (χ1) is 25.4. The van der Waals surface area contributed by atoms with Crippen LogP contribution < -0.4 is 10.2 Å². The third kappa shape index (κ3) is 12.1. The number of amides is 2. The van der Waals surface area contributed by atoms with Crippen molar-refractivity contribution >= 4 is 29.3 Å². The number of hydrogen-bond acceptors (Lipinski definition) is 7. The van der Waals surface area contributed by atoms with Crippen molar-refractivity contribution < 1.29 is 46.2 Å². The van der Waals surface area contributed by atoms with Crippen molar-refractivity contribution in [2.24, 2.45) is 0 Å². The fourth-order valence-electron chi connectivity index (χ4n) is 5.14. The smallest absolute Gasteiger partial charge is 0.338 e. The molecule has 0 aromatic heterocycles. The van der Waals surface area contributed by atoms with E-state index < -0.39 is 46.4 Å². The maximum Gasteiger partial charge on any atom is 0.338 e. The number of morpholine rings is 1. The highest BCUT2D eigenvalue weighted by Crippen LogP contribution is 2.25. The molecule has 0 saturated carbocycles. The van der Waals surface area contributed by atoms with Crippen LogP contribution in [0.1, 0.15) is 73.4 Å². The van der Waals surface area contributed by atoms with Gasteiger partial charge in [0.25, 0.3) is 0 Å². The molecule has 13 heteroatoms. The lowest BCUT2D eigenvalue weighted by Gasteiger charge is -2.33. The molecule has 0 unspecified atom stereocenters. The fraction of sp³-hybridized carbons (Fsp3) is 0.341. The summed E-state index contributed by atoms with van der Waals surface area (Å²) in [4.78, 5) is 40.1. The van der Waals surface area contributed by atoms with Crippen LogP contribution in [0, 0.1) is 23.3 Å². The predicted octanol–water partition coefficient (Wildman–Crippen LogP) is 8.91. The van der Waals surface area contributed by atoms with Gasteiger partial charge in [-0.3, -0.25) is 4.90 Å². The van der Waals surface area contributed by atoms with Gasteiger partial charge in [-0.25, -0.2) is 31.9 Å². The molecule has 1 heterocycles. The van der Waals surface area contributed by atoms with Gasteiger partial charge in [0.15, 0.2) is 0 Å². The largest absolute Gasteiger partial charge is 0.456 e. The highest BCUT2D eigenvalue weighted by atomic mass is 19.1. The van der Waals surface area contributed by atoms with Crippen LogP contribution in [-0.4, -0.2) is 60.4 Å². The maximum atomic E-state index is 14.9. The second-order valence-electron chi connectivity index (χ2n) is 14.4. The molecule has 4 aromatic rings. The first-order valence-electron chi connectivity index (χ1n) is 17.3. The molecule has 54 heavy (non-hydrogen) atoms. The van der Waals surface area contributed by atoms with E-state index in [-0.39, 0.29) is 41.4 Å². The monoisotopic (exact) mass is 751 g/mol. The van der Waals surface area contributed by atoms with Crippen molar-refractivity contribution in [2.45, 2.75) is 65.8 Å². The molecule has 4 aromatic carbocycles. The summed E-state index contributed by atoms with van der Waals surface area (Å²) in [7, 11) is 0. The van der Waals surface area contributed by atoms with Crippen molar-refractivity contribution in [3.63, 3.8) is 0 Å². The summed E-state index contributed by atoms with van der Waals surface area (Å²) in [6.45, 7) is 11.3. The Morgan fingerprint density at radius 3 is 1.56 bits per heavy atom. The van der Waals surface area contributed by atoms with E-state index >= 15 is 0 Å². The molecule has 9 nitrogen and oxygen atoms in total. The van der Waals surface area contributed by atoms with Gasteiger partial charge in [-0.1, -0.05) is 36.4 Å². The number of urea groups is 1. The highest BCUT2D eigenvalue weighted by Gasteiger charge is 2.28. The number of benzene rings is 4. The van der Waals surface area contributed by atoms with E-state index in [1.54, 1.807) is 88.9 Å². The molecule has 0 aliphatic carbocycles. The van der Waals surface area contributed by atoms with Crippen LogP contribution in [0.3, 0.4) is 0 Å². The van der Waals surface area contributed by atoms with Crippen molar-refractivity contribution in [1.29, 1.82) is 0 Å². The van der Waals surface area contributed by atoms with Crippen LogP contribution in [0.25, 0.3) is 0 Å². The Morgan fingerprint density at radius 2 is 1.11 bits per heavy atom. The third-order valence-corrected chi connectivity index (χ3v) is 7.69. The number of halogens is 4. The number of carbonyl (C=O) groups is 3. The number of esters is 2. The van der Waals surface area contributed by atoms with Gasteiger partial charge in [-0.2, -0.15) is 0 Å². The first kappa shape index (κ1) is 41.3. The minimum atomic E-state index is -0.920. The average molecular weight is 752 g/mol. The van der Waals surface area contributed by atoms with Crippen molar-refractivity contribution in [1.82, 2.24) is 4.90 Å². The second-order valence-corrected chi connectivity index (χ2v) is 14.4. The summed E-state index contributed by atoms with van der Waals surface area (Å²) in [5.41, 5.74) is -1.05. The lowest BCUT2D eigenvalue weighted by Crippen LogP contribution is -2.48. The number of carbonyl (C=O) groups excluding carboxylic acids is 3. The first-order valence-corrected chi connectivity index (χ1v) is 17.3.